The van der Waals surface area contributed by atoms with Crippen LogP contribution in [0.15, 0.2) is 53.7 Å². The fourth-order valence-corrected chi connectivity index (χ4v) is 3.14. The van der Waals surface area contributed by atoms with Crippen molar-refractivity contribution in [1.29, 1.82) is 0 Å². The second kappa shape index (κ2) is 8.87. The molecule has 0 unspecified atom stereocenters. The maximum absolute atomic E-state index is 12.1. The van der Waals surface area contributed by atoms with Gasteiger partial charge in [0, 0.05) is 16.3 Å². The molecule has 5 nitrogen and oxygen atoms in total. The van der Waals surface area contributed by atoms with Gasteiger partial charge in [-0.15, -0.1) is 5.10 Å². The number of H-pyrrole nitrogens is 1. The summed E-state index contributed by atoms with van der Waals surface area (Å²) in [5.74, 6) is 0.807. The molecular formula is C19H19ClN4OS. The second-order valence-corrected chi connectivity index (χ2v) is 7.14. The second-order valence-electron chi connectivity index (χ2n) is 5.76. The Morgan fingerprint density at radius 2 is 1.88 bits per heavy atom. The Hall–Kier alpha value is -2.31. The molecule has 0 aliphatic rings. The highest BCUT2D eigenvalue weighted by atomic mass is 35.5. The van der Waals surface area contributed by atoms with E-state index in [4.69, 9.17) is 11.6 Å². The van der Waals surface area contributed by atoms with Crippen LogP contribution in [0, 0.1) is 0 Å². The zero-order chi connectivity index (χ0) is 18.4. The van der Waals surface area contributed by atoms with Gasteiger partial charge in [-0.05, 0) is 48.4 Å². The summed E-state index contributed by atoms with van der Waals surface area (Å²) in [6.45, 7) is 2.15. The lowest BCUT2D eigenvalue weighted by atomic mass is 10.1. The molecule has 2 N–H and O–H groups in total. The third-order valence-electron chi connectivity index (χ3n) is 3.69. The quantitative estimate of drug-likeness (QED) is 0.572. The van der Waals surface area contributed by atoms with Gasteiger partial charge in [-0.25, -0.2) is 4.98 Å². The molecule has 0 saturated carbocycles. The summed E-state index contributed by atoms with van der Waals surface area (Å²) in [4.78, 5) is 16.5. The maximum Gasteiger partial charge on any atom is 0.234 e. The van der Waals surface area contributed by atoms with Gasteiger partial charge in [0.15, 0.2) is 5.82 Å². The molecule has 0 radical (unpaired) electrons. The number of aromatic nitrogens is 3. The molecule has 0 atom stereocenters. The Morgan fingerprint density at radius 1 is 1.15 bits per heavy atom. The lowest BCUT2D eigenvalue weighted by molar-refractivity contribution is -0.113. The van der Waals surface area contributed by atoms with Gasteiger partial charge in [-0.1, -0.05) is 48.8 Å². The molecule has 3 rings (SSSR count). The Balaban J connectivity index is 1.52. The molecule has 0 saturated heterocycles. The van der Waals surface area contributed by atoms with Crippen molar-refractivity contribution in [3.8, 4) is 11.4 Å². The third-order valence-corrected chi connectivity index (χ3v) is 4.79. The number of amides is 1. The number of hydrogen-bond donors (Lipinski definition) is 2. The number of anilines is 1. The van der Waals surface area contributed by atoms with Gasteiger partial charge < -0.3 is 5.32 Å². The number of carbonyl (C=O) groups is 1. The number of aromatic amines is 1. The third kappa shape index (κ3) is 5.09. The number of thioether (sulfide) groups is 1. The first kappa shape index (κ1) is 18.5. The Bertz CT molecular complexity index is 862. The van der Waals surface area contributed by atoms with E-state index >= 15 is 0 Å². The first-order chi connectivity index (χ1) is 12.6. The number of halogens is 1. The summed E-state index contributed by atoms with van der Waals surface area (Å²) in [5.41, 5.74) is 2.97. The molecule has 0 fully saturated rings. The Morgan fingerprint density at radius 3 is 2.58 bits per heavy atom. The van der Waals surface area contributed by atoms with E-state index < -0.39 is 0 Å². The van der Waals surface area contributed by atoms with E-state index in [9.17, 15) is 4.79 Å². The van der Waals surface area contributed by atoms with E-state index in [0.29, 0.717) is 16.0 Å². The zero-order valence-electron chi connectivity index (χ0n) is 14.3. The van der Waals surface area contributed by atoms with Crippen molar-refractivity contribution in [3.05, 3.63) is 59.1 Å². The number of nitrogens with one attached hydrogen (secondary N) is 2. The Labute approximate surface area is 161 Å². The predicted molar refractivity (Wildman–Crippen MR) is 107 cm³/mol. The van der Waals surface area contributed by atoms with Crippen molar-refractivity contribution in [2.45, 2.75) is 24.9 Å². The highest BCUT2D eigenvalue weighted by Gasteiger charge is 2.09. The number of carbonyl (C=O) groups excluding carboxylic acids is 1. The average molecular weight is 387 g/mol. The standard InChI is InChI=1S/C19H19ClN4OS/c1-2-3-13-4-10-16(11-5-13)21-17(25)12-26-19-22-18(23-24-19)14-6-8-15(20)9-7-14/h4-11H,2-3,12H2,1H3,(H,21,25)(H,22,23,24). The summed E-state index contributed by atoms with van der Waals surface area (Å²) < 4.78 is 0. The van der Waals surface area contributed by atoms with Crippen molar-refractivity contribution in [1.82, 2.24) is 15.2 Å². The van der Waals surface area contributed by atoms with Crippen molar-refractivity contribution < 1.29 is 4.79 Å². The normalized spacial score (nSPS) is 10.7. The summed E-state index contributed by atoms with van der Waals surface area (Å²) in [6.07, 6.45) is 2.15. The molecular weight excluding hydrogens is 368 g/mol. The minimum Gasteiger partial charge on any atom is -0.325 e. The maximum atomic E-state index is 12.1. The van der Waals surface area contributed by atoms with Crippen molar-refractivity contribution in [2.75, 3.05) is 11.1 Å². The summed E-state index contributed by atoms with van der Waals surface area (Å²) in [5, 5.41) is 11.1. The molecule has 0 spiro atoms. The summed E-state index contributed by atoms with van der Waals surface area (Å²) in [7, 11) is 0. The molecule has 3 aromatic rings. The van der Waals surface area contributed by atoms with Gasteiger partial charge in [0.05, 0.1) is 5.75 Å². The van der Waals surface area contributed by atoms with Crippen LogP contribution < -0.4 is 5.32 Å². The molecule has 1 amide bonds. The van der Waals surface area contributed by atoms with E-state index in [1.807, 2.05) is 36.4 Å². The smallest absolute Gasteiger partial charge is 0.234 e. The van der Waals surface area contributed by atoms with Gasteiger partial charge >= 0.3 is 0 Å². The zero-order valence-corrected chi connectivity index (χ0v) is 15.9. The number of nitrogens with zero attached hydrogens (tertiary/aromatic N) is 2. The van der Waals surface area contributed by atoms with Gasteiger partial charge in [0.25, 0.3) is 0 Å². The summed E-state index contributed by atoms with van der Waals surface area (Å²) in [6, 6.07) is 15.3. The molecule has 0 bridgehead atoms. The fraction of sp³-hybridized carbons (Fsp3) is 0.211. The van der Waals surface area contributed by atoms with Crippen LogP contribution in [-0.4, -0.2) is 26.8 Å². The fourth-order valence-electron chi connectivity index (χ4n) is 2.42. The molecule has 26 heavy (non-hydrogen) atoms. The van der Waals surface area contributed by atoms with Gasteiger partial charge in [-0.2, -0.15) is 0 Å². The highest BCUT2D eigenvalue weighted by molar-refractivity contribution is 7.99. The van der Waals surface area contributed by atoms with Crippen LogP contribution in [0.5, 0.6) is 0 Å². The number of hydrogen-bond acceptors (Lipinski definition) is 4. The molecule has 1 heterocycles. The minimum atomic E-state index is -0.0870. The SMILES string of the molecule is CCCc1ccc(NC(=O)CSc2n[nH]c(-c3ccc(Cl)cc3)n2)cc1. The van der Waals surface area contributed by atoms with E-state index in [-0.39, 0.29) is 11.7 Å². The number of benzene rings is 2. The molecule has 0 aliphatic carbocycles. The van der Waals surface area contributed by atoms with E-state index in [1.54, 1.807) is 12.1 Å². The first-order valence-corrected chi connectivity index (χ1v) is 9.70. The molecule has 7 heteroatoms. The van der Waals surface area contributed by atoms with Crippen molar-refractivity contribution in [2.24, 2.45) is 0 Å². The van der Waals surface area contributed by atoms with Crippen LogP contribution in [0.1, 0.15) is 18.9 Å². The molecule has 134 valence electrons. The molecule has 1 aromatic heterocycles. The van der Waals surface area contributed by atoms with E-state index in [1.165, 1.54) is 17.3 Å². The average Bonchev–Trinajstić information content (AvgIpc) is 3.11. The van der Waals surface area contributed by atoms with Crippen LogP contribution in [0.3, 0.4) is 0 Å². The predicted octanol–water partition coefficient (Wildman–Crippen LogP) is 4.81. The Kier molecular flexibility index (Phi) is 6.30. The van der Waals surface area contributed by atoms with Crippen LogP contribution in [-0.2, 0) is 11.2 Å². The number of aryl methyl sites for hydroxylation is 1. The van der Waals surface area contributed by atoms with Crippen LogP contribution in [0.25, 0.3) is 11.4 Å². The molecule has 0 aliphatic heterocycles. The van der Waals surface area contributed by atoms with Crippen LogP contribution in [0.2, 0.25) is 5.02 Å². The lowest BCUT2D eigenvalue weighted by Gasteiger charge is -2.05. The largest absolute Gasteiger partial charge is 0.325 e. The van der Waals surface area contributed by atoms with Crippen LogP contribution in [0.4, 0.5) is 5.69 Å². The first-order valence-electron chi connectivity index (χ1n) is 8.34. The van der Waals surface area contributed by atoms with Crippen molar-refractivity contribution in [3.63, 3.8) is 0 Å². The van der Waals surface area contributed by atoms with Crippen LogP contribution >= 0.6 is 23.4 Å². The minimum absolute atomic E-state index is 0.0870. The van der Waals surface area contributed by atoms with Gasteiger partial charge in [-0.3, -0.25) is 9.89 Å². The van der Waals surface area contributed by atoms with Gasteiger partial charge in [0.2, 0.25) is 11.1 Å². The summed E-state index contributed by atoms with van der Waals surface area (Å²) >= 11 is 7.17. The monoisotopic (exact) mass is 386 g/mol. The molecule has 2 aromatic carbocycles. The van der Waals surface area contributed by atoms with E-state index in [0.717, 1.165) is 24.1 Å². The van der Waals surface area contributed by atoms with Gasteiger partial charge in [0.1, 0.15) is 0 Å². The number of rotatable bonds is 7. The lowest BCUT2D eigenvalue weighted by Crippen LogP contribution is -2.14. The highest BCUT2D eigenvalue weighted by Crippen LogP contribution is 2.21. The van der Waals surface area contributed by atoms with E-state index in [2.05, 4.69) is 27.4 Å². The topological polar surface area (TPSA) is 70.7 Å². The van der Waals surface area contributed by atoms with Crippen molar-refractivity contribution >= 4 is 35.0 Å².